The van der Waals surface area contributed by atoms with E-state index in [1.165, 1.54) is 0 Å². The van der Waals surface area contributed by atoms with Crippen molar-refractivity contribution in [2.24, 2.45) is 0 Å². The van der Waals surface area contributed by atoms with E-state index >= 15 is 0 Å². The molecule has 0 saturated carbocycles. The first-order chi connectivity index (χ1) is 6.76. The number of nitrogens with zero attached hydrogens (tertiary/aromatic N) is 1. The molecular formula is C10H22N2O2. The number of aliphatic hydroxyl groups is 1. The maximum Gasteiger partial charge on any atom is 0.317 e. The van der Waals surface area contributed by atoms with E-state index in [2.05, 4.69) is 12.2 Å². The van der Waals surface area contributed by atoms with E-state index in [0.29, 0.717) is 13.1 Å². The molecule has 0 rings (SSSR count). The Balaban J connectivity index is 3.84. The van der Waals surface area contributed by atoms with Crippen molar-refractivity contribution in [2.75, 3.05) is 26.2 Å². The molecule has 0 saturated heterocycles. The van der Waals surface area contributed by atoms with E-state index in [9.17, 15) is 4.79 Å². The predicted octanol–water partition coefficient (Wildman–Crippen LogP) is 1.20. The lowest BCUT2D eigenvalue weighted by Crippen LogP contribution is -2.42. The van der Waals surface area contributed by atoms with Crippen LogP contribution >= 0.6 is 0 Å². The number of hydrogen-bond acceptors (Lipinski definition) is 2. The van der Waals surface area contributed by atoms with Gasteiger partial charge in [0.2, 0.25) is 0 Å². The summed E-state index contributed by atoms with van der Waals surface area (Å²) < 4.78 is 0. The van der Waals surface area contributed by atoms with Crippen LogP contribution in [0.2, 0.25) is 0 Å². The quantitative estimate of drug-likeness (QED) is 0.652. The minimum atomic E-state index is -0.0608. The van der Waals surface area contributed by atoms with Crippen LogP contribution in [0.5, 0.6) is 0 Å². The second kappa shape index (κ2) is 8.81. The van der Waals surface area contributed by atoms with Crippen molar-refractivity contribution in [3.05, 3.63) is 0 Å². The Morgan fingerprint density at radius 3 is 2.50 bits per heavy atom. The third kappa shape index (κ3) is 5.80. The molecule has 0 aromatic heterocycles. The fraction of sp³-hybridized carbons (Fsp3) is 0.900. The number of aliphatic hydroxyl groups excluding tert-OH is 1. The Labute approximate surface area is 86.3 Å². The number of urea groups is 1. The van der Waals surface area contributed by atoms with Gasteiger partial charge >= 0.3 is 6.03 Å². The molecule has 0 unspecified atom stereocenters. The molecule has 0 radical (unpaired) electrons. The zero-order valence-corrected chi connectivity index (χ0v) is 9.25. The van der Waals surface area contributed by atoms with Crippen LogP contribution in [-0.4, -0.2) is 42.3 Å². The molecule has 0 bridgehead atoms. The third-order valence-electron chi connectivity index (χ3n) is 1.96. The molecule has 0 fully saturated rings. The van der Waals surface area contributed by atoms with Crippen molar-refractivity contribution in [1.82, 2.24) is 10.2 Å². The standard InChI is InChI=1S/C10H22N2O2/c1-3-5-7-12(8-9-13)10(14)11-6-4-2/h13H,3-9H2,1-2H3,(H,11,14). The van der Waals surface area contributed by atoms with Crippen LogP contribution in [0.1, 0.15) is 33.1 Å². The molecule has 0 aromatic rings. The van der Waals surface area contributed by atoms with Gasteiger partial charge in [0.1, 0.15) is 0 Å². The first-order valence-electron chi connectivity index (χ1n) is 5.39. The largest absolute Gasteiger partial charge is 0.395 e. The number of nitrogens with one attached hydrogen (secondary N) is 1. The molecule has 0 aliphatic carbocycles. The van der Waals surface area contributed by atoms with Gasteiger partial charge in [-0.05, 0) is 12.8 Å². The summed E-state index contributed by atoms with van der Waals surface area (Å²) in [6.07, 6.45) is 2.98. The van der Waals surface area contributed by atoms with Gasteiger partial charge in [-0.25, -0.2) is 4.79 Å². The van der Waals surface area contributed by atoms with Crippen LogP contribution < -0.4 is 5.32 Å². The van der Waals surface area contributed by atoms with Crippen LogP contribution in [-0.2, 0) is 0 Å². The van der Waals surface area contributed by atoms with E-state index in [-0.39, 0.29) is 12.6 Å². The summed E-state index contributed by atoms with van der Waals surface area (Å²) in [4.78, 5) is 13.2. The molecule has 84 valence electrons. The second-order valence-corrected chi connectivity index (χ2v) is 3.30. The Morgan fingerprint density at radius 1 is 1.29 bits per heavy atom. The highest BCUT2D eigenvalue weighted by molar-refractivity contribution is 5.74. The van der Waals surface area contributed by atoms with Crippen molar-refractivity contribution < 1.29 is 9.90 Å². The summed E-state index contributed by atoms with van der Waals surface area (Å²) in [5, 5.41) is 11.6. The monoisotopic (exact) mass is 202 g/mol. The molecule has 0 heterocycles. The predicted molar refractivity (Wildman–Crippen MR) is 57.3 cm³/mol. The Bertz CT molecular complexity index is 151. The zero-order valence-electron chi connectivity index (χ0n) is 9.25. The first-order valence-corrected chi connectivity index (χ1v) is 5.39. The Morgan fingerprint density at radius 2 is 2.00 bits per heavy atom. The first kappa shape index (κ1) is 13.2. The number of unbranched alkanes of at least 4 members (excludes halogenated alkanes) is 1. The van der Waals surface area contributed by atoms with E-state index in [4.69, 9.17) is 5.11 Å². The van der Waals surface area contributed by atoms with Crippen molar-refractivity contribution in [1.29, 1.82) is 0 Å². The maximum atomic E-state index is 11.5. The minimum absolute atomic E-state index is 0.0310. The molecule has 2 N–H and O–H groups in total. The second-order valence-electron chi connectivity index (χ2n) is 3.30. The number of amides is 2. The molecule has 0 aliphatic heterocycles. The van der Waals surface area contributed by atoms with Gasteiger partial charge in [0, 0.05) is 19.6 Å². The normalized spacial score (nSPS) is 9.93. The summed E-state index contributed by atoms with van der Waals surface area (Å²) in [6, 6.07) is -0.0608. The van der Waals surface area contributed by atoms with Crippen molar-refractivity contribution in [3.63, 3.8) is 0 Å². The summed E-state index contributed by atoms with van der Waals surface area (Å²) in [6.45, 7) is 5.99. The van der Waals surface area contributed by atoms with Gasteiger partial charge in [-0.2, -0.15) is 0 Å². The van der Waals surface area contributed by atoms with Gasteiger partial charge in [-0.15, -0.1) is 0 Å². The van der Waals surface area contributed by atoms with Crippen LogP contribution in [0.25, 0.3) is 0 Å². The van der Waals surface area contributed by atoms with Gasteiger partial charge in [-0.3, -0.25) is 0 Å². The van der Waals surface area contributed by atoms with Gasteiger partial charge < -0.3 is 15.3 Å². The fourth-order valence-electron chi connectivity index (χ4n) is 1.13. The van der Waals surface area contributed by atoms with Gasteiger partial charge in [0.25, 0.3) is 0 Å². The molecule has 0 spiro atoms. The van der Waals surface area contributed by atoms with Crippen molar-refractivity contribution in [3.8, 4) is 0 Å². The highest BCUT2D eigenvalue weighted by Gasteiger charge is 2.10. The average molecular weight is 202 g/mol. The molecule has 0 aromatic carbocycles. The van der Waals surface area contributed by atoms with E-state index < -0.39 is 0 Å². The van der Waals surface area contributed by atoms with Crippen LogP contribution in [0, 0.1) is 0 Å². The van der Waals surface area contributed by atoms with Crippen LogP contribution in [0.4, 0.5) is 4.79 Å². The Hall–Kier alpha value is -0.770. The van der Waals surface area contributed by atoms with Crippen LogP contribution in [0.3, 0.4) is 0 Å². The summed E-state index contributed by atoms with van der Waals surface area (Å²) in [7, 11) is 0. The van der Waals surface area contributed by atoms with Gasteiger partial charge in [0.05, 0.1) is 6.61 Å². The molecule has 4 heteroatoms. The lowest BCUT2D eigenvalue weighted by Gasteiger charge is -2.21. The number of carbonyl (C=O) groups is 1. The van der Waals surface area contributed by atoms with Crippen LogP contribution in [0.15, 0.2) is 0 Å². The molecule has 4 nitrogen and oxygen atoms in total. The molecule has 0 atom stereocenters. The number of carbonyl (C=O) groups excluding carboxylic acids is 1. The third-order valence-corrected chi connectivity index (χ3v) is 1.96. The minimum Gasteiger partial charge on any atom is -0.395 e. The van der Waals surface area contributed by atoms with E-state index in [1.807, 2.05) is 6.92 Å². The molecule has 0 aliphatic rings. The fourth-order valence-corrected chi connectivity index (χ4v) is 1.13. The molecule has 2 amide bonds. The van der Waals surface area contributed by atoms with Crippen molar-refractivity contribution >= 4 is 6.03 Å². The summed E-state index contributed by atoms with van der Waals surface area (Å²) in [5.74, 6) is 0. The smallest absolute Gasteiger partial charge is 0.317 e. The summed E-state index contributed by atoms with van der Waals surface area (Å²) >= 11 is 0. The SMILES string of the molecule is CCCCN(CCO)C(=O)NCCC. The van der Waals surface area contributed by atoms with Crippen molar-refractivity contribution in [2.45, 2.75) is 33.1 Å². The maximum absolute atomic E-state index is 11.5. The lowest BCUT2D eigenvalue weighted by molar-refractivity contribution is 0.176. The van der Waals surface area contributed by atoms with Gasteiger partial charge in [-0.1, -0.05) is 20.3 Å². The number of hydrogen-bond donors (Lipinski definition) is 2. The number of rotatable bonds is 7. The highest BCUT2D eigenvalue weighted by Crippen LogP contribution is 1.95. The zero-order chi connectivity index (χ0) is 10.8. The van der Waals surface area contributed by atoms with E-state index in [1.54, 1.807) is 4.90 Å². The molecular weight excluding hydrogens is 180 g/mol. The Kier molecular flexibility index (Phi) is 8.33. The van der Waals surface area contributed by atoms with E-state index in [0.717, 1.165) is 25.8 Å². The average Bonchev–Trinajstić information content (AvgIpc) is 2.20. The highest BCUT2D eigenvalue weighted by atomic mass is 16.3. The molecule has 14 heavy (non-hydrogen) atoms. The summed E-state index contributed by atoms with van der Waals surface area (Å²) in [5.41, 5.74) is 0. The van der Waals surface area contributed by atoms with Gasteiger partial charge in [0.15, 0.2) is 0 Å². The lowest BCUT2D eigenvalue weighted by atomic mass is 10.3. The topological polar surface area (TPSA) is 52.6 Å².